The van der Waals surface area contributed by atoms with Crippen LogP contribution in [0.3, 0.4) is 0 Å². The summed E-state index contributed by atoms with van der Waals surface area (Å²) in [5.74, 6) is 0. The fourth-order valence-corrected chi connectivity index (χ4v) is 1.07. The van der Waals surface area contributed by atoms with E-state index in [9.17, 15) is 4.79 Å². The Kier molecular flexibility index (Phi) is 2.61. The van der Waals surface area contributed by atoms with Gasteiger partial charge in [0.05, 0.1) is 7.11 Å². The minimum Gasteiger partial charge on any atom is -0.334 e. The van der Waals surface area contributed by atoms with E-state index >= 15 is 0 Å². The van der Waals surface area contributed by atoms with E-state index in [4.69, 9.17) is 12.2 Å². The predicted octanol–water partition coefficient (Wildman–Crippen LogP) is 0.714. The highest BCUT2D eigenvalue weighted by atomic mass is 32.1. The average molecular weight is 187 g/mol. The molecule has 0 spiro atoms. The van der Waals surface area contributed by atoms with Crippen molar-refractivity contribution in [2.24, 2.45) is 0 Å². The molecule has 1 heterocycles. The number of nitrogens with one attached hydrogen (secondary N) is 3. The molecule has 0 saturated carbocycles. The molecule has 0 fully saturated rings. The summed E-state index contributed by atoms with van der Waals surface area (Å²) in [5.41, 5.74) is 3.14. The monoisotopic (exact) mass is 187 g/mol. The number of rotatable bonds is 2. The van der Waals surface area contributed by atoms with E-state index < -0.39 is 0 Å². The van der Waals surface area contributed by atoms with E-state index in [0.29, 0.717) is 16.2 Å². The Hall–Kier alpha value is -1.14. The van der Waals surface area contributed by atoms with Gasteiger partial charge in [0.25, 0.3) is 5.56 Å². The maximum atomic E-state index is 11.2. The maximum Gasteiger partial charge on any atom is 0.277 e. The third-order valence-electron chi connectivity index (χ3n) is 1.33. The summed E-state index contributed by atoms with van der Waals surface area (Å²) in [6, 6.07) is 0. The maximum absolute atomic E-state index is 11.2. The van der Waals surface area contributed by atoms with E-state index in [1.54, 1.807) is 6.92 Å². The molecule has 0 unspecified atom stereocenters. The summed E-state index contributed by atoms with van der Waals surface area (Å²) < 4.78 is 0.305. The van der Waals surface area contributed by atoms with Gasteiger partial charge < -0.3 is 4.98 Å². The van der Waals surface area contributed by atoms with Crippen molar-refractivity contribution in [3.63, 3.8) is 0 Å². The van der Waals surface area contributed by atoms with Gasteiger partial charge in [-0.3, -0.25) is 20.1 Å². The second-order valence-corrected chi connectivity index (χ2v) is 2.62. The summed E-state index contributed by atoms with van der Waals surface area (Å²) >= 11 is 4.75. The van der Waals surface area contributed by atoms with Crippen molar-refractivity contribution in [3.05, 3.63) is 20.8 Å². The van der Waals surface area contributed by atoms with Crippen LogP contribution in [0, 0.1) is 11.7 Å². The second kappa shape index (κ2) is 3.51. The molecule has 1 rings (SSSR count). The number of aryl methyl sites for hydroxylation is 1. The van der Waals surface area contributed by atoms with E-state index in [1.165, 1.54) is 7.11 Å². The zero-order chi connectivity index (χ0) is 9.14. The van der Waals surface area contributed by atoms with Crippen LogP contribution in [-0.2, 0) is 4.84 Å². The first-order valence-corrected chi connectivity index (χ1v) is 3.68. The van der Waals surface area contributed by atoms with Crippen molar-refractivity contribution < 1.29 is 4.84 Å². The van der Waals surface area contributed by atoms with Crippen molar-refractivity contribution in [2.45, 2.75) is 6.92 Å². The van der Waals surface area contributed by atoms with Gasteiger partial charge in [-0.25, -0.2) is 0 Å². The van der Waals surface area contributed by atoms with Crippen molar-refractivity contribution in [1.29, 1.82) is 0 Å². The van der Waals surface area contributed by atoms with Crippen LogP contribution >= 0.6 is 12.2 Å². The number of aromatic nitrogens is 2. The molecule has 0 atom stereocenters. The number of aromatic amines is 2. The fourth-order valence-electron chi connectivity index (χ4n) is 0.825. The molecule has 0 aliphatic carbocycles. The Bertz CT molecular complexity index is 381. The van der Waals surface area contributed by atoms with E-state index in [0.717, 1.165) is 0 Å². The number of hydrogen-bond acceptors (Lipinski definition) is 4. The highest BCUT2D eigenvalue weighted by Gasteiger charge is 2.02. The second-order valence-electron chi connectivity index (χ2n) is 2.21. The predicted molar refractivity (Wildman–Crippen MR) is 47.6 cm³/mol. The smallest absolute Gasteiger partial charge is 0.277 e. The summed E-state index contributed by atoms with van der Waals surface area (Å²) in [7, 11) is 1.43. The van der Waals surface area contributed by atoms with Gasteiger partial charge >= 0.3 is 0 Å². The third kappa shape index (κ3) is 1.72. The van der Waals surface area contributed by atoms with Crippen LogP contribution in [0.2, 0.25) is 0 Å². The van der Waals surface area contributed by atoms with Gasteiger partial charge in [0.2, 0.25) is 0 Å². The summed E-state index contributed by atoms with van der Waals surface area (Å²) in [6.07, 6.45) is 0. The van der Waals surface area contributed by atoms with Crippen LogP contribution in [0.15, 0.2) is 4.79 Å². The highest BCUT2D eigenvalue weighted by molar-refractivity contribution is 7.71. The molecule has 0 aliphatic heterocycles. The molecular weight excluding hydrogens is 178 g/mol. The topological polar surface area (TPSA) is 69.9 Å². The van der Waals surface area contributed by atoms with Gasteiger partial charge in [-0.2, -0.15) is 0 Å². The molecule has 0 aromatic carbocycles. The first-order chi connectivity index (χ1) is 5.65. The van der Waals surface area contributed by atoms with Crippen molar-refractivity contribution in [2.75, 3.05) is 12.6 Å². The lowest BCUT2D eigenvalue weighted by Gasteiger charge is -2.04. The first-order valence-electron chi connectivity index (χ1n) is 3.27. The first kappa shape index (κ1) is 8.95. The summed E-state index contributed by atoms with van der Waals surface area (Å²) in [5, 5.41) is 0. The standard InChI is InChI=1S/C6H9N3O2S/c1-3-4(9-11-2)5(10)8-6(12)7-3/h9H,1-2H3,(H2,7,8,10,12). The van der Waals surface area contributed by atoms with Gasteiger partial charge in [0.1, 0.15) is 5.69 Å². The Balaban J connectivity index is 3.29. The van der Waals surface area contributed by atoms with Crippen LogP contribution in [0.4, 0.5) is 5.69 Å². The van der Waals surface area contributed by atoms with Crippen LogP contribution < -0.4 is 11.0 Å². The molecule has 3 N–H and O–H groups in total. The van der Waals surface area contributed by atoms with E-state index in [-0.39, 0.29) is 5.56 Å². The summed E-state index contributed by atoms with van der Waals surface area (Å²) in [6.45, 7) is 1.73. The van der Waals surface area contributed by atoms with Crippen molar-refractivity contribution >= 4 is 17.9 Å². The quantitative estimate of drug-likeness (QED) is 0.471. The largest absolute Gasteiger partial charge is 0.334 e. The molecule has 0 aliphatic rings. The highest BCUT2D eigenvalue weighted by Crippen LogP contribution is 2.02. The van der Waals surface area contributed by atoms with Crippen LogP contribution in [0.25, 0.3) is 0 Å². The Morgan fingerprint density at radius 1 is 1.50 bits per heavy atom. The zero-order valence-corrected chi connectivity index (χ0v) is 7.54. The number of H-pyrrole nitrogens is 2. The lowest BCUT2D eigenvalue weighted by Crippen LogP contribution is -2.16. The molecule has 12 heavy (non-hydrogen) atoms. The Labute approximate surface area is 73.7 Å². The molecule has 1 aromatic heterocycles. The van der Waals surface area contributed by atoms with Gasteiger partial charge in [-0.05, 0) is 19.1 Å². The number of anilines is 1. The van der Waals surface area contributed by atoms with Gasteiger partial charge in [-0.1, -0.05) is 0 Å². The van der Waals surface area contributed by atoms with Crippen LogP contribution in [0.5, 0.6) is 0 Å². The minimum atomic E-state index is -0.293. The van der Waals surface area contributed by atoms with Gasteiger partial charge in [0, 0.05) is 5.69 Å². The molecule has 1 aromatic rings. The van der Waals surface area contributed by atoms with Gasteiger partial charge in [0.15, 0.2) is 4.77 Å². The van der Waals surface area contributed by atoms with Crippen molar-refractivity contribution in [1.82, 2.24) is 9.97 Å². The van der Waals surface area contributed by atoms with E-state index in [2.05, 4.69) is 20.3 Å². The average Bonchev–Trinajstić information content (AvgIpc) is 1.96. The van der Waals surface area contributed by atoms with Crippen LogP contribution in [-0.4, -0.2) is 17.1 Å². The minimum absolute atomic E-state index is 0.293. The molecule has 66 valence electrons. The SMILES string of the molecule is CONc1c(C)[nH]c(=S)[nH]c1=O. The fraction of sp³-hybridized carbons (Fsp3) is 0.333. The van der Waals surface area contributed by atoms with Crippen molar-refractivity contribution in [3.8, 4) is 0 Å². The van der Waals surface area contributed by atoms with Crippen LogP contribution in [0.1, 0.15) is 5.69 Å². The summed E-state index contributed by atoms with van der Waals surface area (Å²) in [4.78, 5) is 21.0. The number of hydrogen-bond donors (Lipinski definition) is 3. The normalized spacial score (nSPS) is 9.83. The molecule has 0 bridgehead atoms. The van der Waals surface area contributed by atoms with Gasteiger partial charge in [-0.15, -0.1) is 0 Å². The lowest BCUT2D eigenvalue weighted by atomic mass is 10.4. The Morgan fingerprint density at radius 2 is 2.17 bits per heavy atom. The molecule has 5 nitrogen and oxygen atoms in total. The lowest BCUT2D eigenvalue weighted by molar-refractivity contribution is 0.270. The third-order valence-corrected chi connectivity index (χ3v) is 1.54. The molecule has 0 saturated heterocycles. The molecule has 0 radical (unpaired) electrons. The zero-order valence-electron chi connectivity index (χ0n) is 6.72. The van der Waals surface area contributed by atoms with E-state index in [1.807, 2.05) is 0 Å². The Morgan fingerprint density at radius 3 is 2.67 bits per heavy atom. The molecule has 0 amide bonds. The molecule has 6 heteroatoms. The molecular formula is C6H9N3O2S.